The first kappa shape index (κ1) is 22.7. The molecule has 0 saturated carbocycles. The van der Waals surface area contributed by atoms with E-state index in [0.29, 0.717) is 12.2 Å². The maximum atomic E-state index is 12.9. The fraction of sp³-hybridized carbons (Fsp3) is 0.444. The molecule has 2 N–H and O–H groups in total. The predicted molar refractivity (Wildman–Crippen MR) is 113 cm³/mol. The van der Waals surface area contributed by atoms with Crippen LogP contribution in [0.25, 0.3) is 0 Å². The maximum absolute atomic E-state index is 12.9. The molecule has 0 aliphatic carbocycles. The first-order valence-corrected chi connectivity index (χ1v) is 9.21. The van der Waals surface area contributed by atoms with Gasteiger partial charge in [-0.2, -0.15) is 0 Å². The lowest BCUT2D eigenvalue weighted by molar-refractivity contribution is 0.0730. The number of thiazole rings is 1. The number of hydrogen-bond acceptors (Lipinski definition) is 5. The highest BCUT2D eigenvalue weighted by Crippen LogP contribution is 2.34. The topological polar surface area (TPSA) is 62.5 Å². The van der Waals surface area contributed by atoms with Crippen molar-refractivity contribution in [3.63, 3.8) is 0 Å². The number of carbonyl (C=O) groups is 1. The van der Waals surface area contributed by atoms with Crippen LogP contribution in [0.2, 0.25) is 0 Å². The average Bonchev–Trinajstić information content (AvgIpc) is 3.24. The minimum Gasteiger partial charge on any atom is -0.378 e. The number of likely N-dealkylation sites (tertiary alicyclic amines) is 1. The fourth-order valence-electron chi connectivity index (χ4n) is 3.16. The number of carbonyl (C=O) groups excluding carboxylic acids is 1. The molecule has 1 unspecified atom stereocenters. The van der Waals surface area contributed by atoms with E-state index in [2.05, 4.69) is 34.1 Å². The summed E-state index contributed by atoms with van der Waals surface area (Å²) in [6, 6.07) is 8.58. The lowest BCUT2D eigenvalue weighted by Gasteiger charge is -2.25. The number of hydrogen-bond donors (Lipinski definition) is 1. The molecule has 0 bridgehead atoms. The van der Waals surface area contributed by atoms with Gasteiger partial charge in [0.2, 0.25) is 0 Å². The second-order valence-electron chi connectivity index (χ2n) is 6.31. The van der Waals surface area contributed by atoms with Crippen LogP contribution in [-0.2, 0) is 6.42 Å². The Morgan fingerprint density at radius 2 is 2.15 bits per heavy atom. The number of amides is 1. The summed E-state index contributed by atoms with van der Waals surface area (Å²) >= 11 is 1.52. The van der Waals surface area contributed by atoms with Crippen LogP contribution in [0.1, 0.15) is 39.9 Å². The highest BCUT2D eigenvalue weighted by atomic mass is 35.5. The van der Waals surface area contributed by atoms with E-state index in [1.165, 1.54) is 16.9 Å². The van der Waals surface area contributed by atoms with Crippen molar-refractivity contribution in [2.24, 2.45) is 5.73 Å². The Labute approximate surface area is 171 Å². The number of aromatic nitrogens is 1. The Bertz CT molecular complexity index is 723. The van der Waals surface area contributed by atoms with Gasteiger partial charge in [-0.3, -0.25) is 4.79 Å². The van der Waals surface area contributed by atoms with Crippen molar-refractivity contribution in [3.8, 4) is 0 Å². The standard InChI is InChI=1S/C18H24N4OS.2ClH/c1-21(2)14-6-3-5-13(11-14)16-7-4-10-22(16)18(23)15-12-24-17(20-15)8-9-19;;/h3,5-6,11-12,16H,4,7-10,19H2,1-2H3;2*1H. The summed E-state index contributed by atoms with van der Waals surface area (Å²) in [6.45, 7) is 1.35. The van der Waals surface area contributed by atoms with Gasteiger partial charge in [0.1, 0.15) is 5.69 Å². The van der Waals surface area contributed by atoms with Gasteiger partial charge in [-0.15, -0.1) is 36.2 Å². The molecule has 1 amide bonds. The molecule has 1 aliphatic rings. The smallest absolute Gasteiger partial charge is 0.273 e. The van der Waals surface area contributed by atoms with Crippen molar-refractivity contribution in [3.05, 3.63) is 45.9 Å². The molecule has 1 aromatic heterocycles. The summed E-state index contributed by atoms with van der Waals surface area (Å²) in [5.74, 6) is 0.0345. The summed E-state index contributed by atoms with van der Waals surface area (Å²) in [5, 5.41) is 2.80. The van der Waals surface area contributed by atoms with Crippen LogP contribution in [-0.4, -0.2) is 43.0 Å². The Hall–Kier alpha value is -1.34. The molecule has 26 heavy (non-hydrogen) atoms. The summed E-state index contributed by atoms with van der Waals surface area (Å²) in [4.78, 5) is 21.4. The zero-order valence-electron chi connectivity index (χ0n) is 15.1. The molecular formula is C18H26Cl2N4OS. The third-order valence-electron chi connectivity index (χ3n) is 4.41. The van der Waals surface area contributed by atoms with Gasteiger partial charge in [0.15, 0.2) is 0 Å². The quantitative estimate of drug-likeness (QED) is 0.809. The normalized spacial score (nSPS) is 16.0. The van der Waals surface area contributed by atoms with Gasteiger partial charge < -0.3 is 15.5 Å². The average molecular weight is 417 g/mol. The SMILES string of the molecule is CN(C)c1cccc(C2CCCN2C(=O)c2csc(CCN)n2)c1.Cl.Cl. The number of nitrogens with zero attached hydrogens (tertiary/aromatic N) is 3. The van der Waals surface area contributed by atoms with Crippen LogP contribution >= 0.6 is 36.2 Å². The second-order valence-corrected chi connectivity index (χ2v) is 7.25. The highest BCUT2D eigenvalue weighted by molar-refractivity contribution is 7.09. The molecule has 2 aromatic rings. The van der Waals surface area contributed by atoms with E-state index in [4.69, 9.17) is 5.73 Å². The highest BCUT2D eigenvalue weighted by Gasteiger charge is 2.31. The van der Waals surface area contributed by atoms with Crippen LogP contribution in [0, 0.1) is 0 Å². The van der Waals surface area contributed by atoms with Gasteiger partial charge in [-0.05, 0) is 37.1 Å². The van der Waals surface area contributed by atoms with E-state index in [0.717, 1.165) is 36.5 Å². The Morgan fingerprint density at radius 3 is 2.85 bits per heavy atom. The van der Waals surface area contributed by atoms with Crippen LogP contribution in [0.3, 0.4) is 0 Å². The van der Waals surface area contributed by atoms with Gasteiger partial charge >= 0.3 is 0 Å². The van der Waals surface area contributed by atoms with E-state index in [-0.39, 0.29) is 36.8 Å². The summed E-state index contributed by atoms with van der Waals surface area (Å²) in [6.07, 6.45) is 2.76. The zero-order valence-corrected chi connectivity index (χ0v) is 17.5. The number of halogens is 2. The second kappa shape index (κ2) is 10.1. The lowest BCUT2D eigenvalue weighted by Crippen LogP contribution is -2.31. The first-order valence-electron chi connectivity index (χ1n) is 8.33. The van der Waals surface area contributed by atoms with E-state index in [1.54, 1.807) is 0 Å². The van der Waals surface area contributed by atoms with Gasteiger partial charge in [-0.1, -0.05) is 12.1 Å². The third-order valence-corrected chi connectivity index (χ3v) is 5.32. The molecule has 1 saturated heterocycles. The molecule has 0 radical (unpaired) electrons. The molecule has 2 heterocycles. The molecule has 1 aliphatic heterocycles. The van der Waals surface area contributed by atoms with Gasteiger partial charge in [0.05, 0.1) is 11.0 Å². The van der Waals surface area contributed by atoms with E-state index < -0.39 is 0 Å². The van der Waals surface area contributed by atoms with E-state index in [1.807, 2.05) is 24.4 Å². The minimum absolute atomic E-state index is 0. The van der Waals surface area contributed by atoms with Crippen molar-refractivity contribution in [1.82, 2.24) is 9.88 Å². The summed E-state index contributed by atoms with van der Waals surface area (Å²) in [5.41, 5.74) is 8.48. The monoisotopic (exact) mass is 416 g/mol. The van der Waals surface area contributed by atoms with Gasteiger partial charge in [0, 0.05) is 38.1 Å². The minimum atomic E-state index is 0. The molecular weight excluding hydrogens is 391 g/mol. The summed E-state index contributed by atoms with van der Waals surface area (Å²) < 4.78 is 0. The van der Waals surface area contributed by atoms with Crippen molar-refractivity contribution < 1.29 is 4.79 Å². The number of nitrogens with two attached hydrogens (primary N) is 1. The molecule has 5 nitrogen and oxygen atoms in total. The lowest BCUT2D eigenvalue weighted by atomic mass is 10.0. The largest absolute Gasteiger partial charge is 0.378 e. The van der Waals surface area contributed by atoms with E-state index in [9.17, 15) is 4.79 Å². The Morgan fingerprint density at radius 1 is 1.38 bits per heavy atom. The van der Waals surface area contributed by atoms with Crippen LogP contribution in [0.4, 0.5) is 5.69 Å². The molecule has 8 heteroatoms. The molecule has 1 atom stereocenters. The van der Waals surface area contributed by atoms with Gasteiger partial charge in [-0.25, -0.2) is 4.98 Å². The van der Waals surface area contributed by atoms with Crippen molar-refractivity contribution in [2.75, 3.05) is 32.1 Å². The number of anilines is 1. The van der Waals surface area contributed by atoms with Crippen LogP contribution in [0.15, 0.2) is 29.6 Å². The molecule has 1 fully saturated rings. The van der Waals surface area contributed by atoms with Crippen molar-refractivity contribution in [2.45, 2.75) is 25.3 Å². The zero-order chi connectivity index (χ0) is 17.1. The van der Waals surface area contributed by atoms with E-state index >= 15 is 0 Å². The van der Waals surface area contributed by atoms with Crippen molar-refractivity contribution in [1.29, 1.82) is 0 Å². The Kier molecular flexibility index (Phi) is 8.83. The molecule has 1 aromatic carbocycles. The van der Waals surface area contributed by atoms with Crippen LogP contribution < -0.4 is 10.6 Å². The number of benzene rings is 1. The maximum Gasteiger partial charge on any atom is 0.273 e. The third kappa shape index (κ3) is 4.88. The van der Waals surface area contributed by atoms with Crippen molar-refractivity contribution >= 4 is 47.7 Å². The number of rotatable bonds is 5. The predicted octanol–water partition coefficient (Wildman–Crippen LogP) is 3.53. The fourth-order valence-corrected chi connectivity index (χ4v) is 3.95. The summed E-state index contributed by atoms with van der Waals surface area (Å²) in [7, 11) is 4.07. The molecule has 3 rings (SSSR count). The first-order chi connectivity index (χ1) is 11.6. The Balaban J connectivity index is 0.00000169. The van der Waals surface area contributed by atoms with Gasteiger partial charge in [0.25, 0.3) is 5.91 Å². The van der Waals surface area contributed by atoms with Crippen LogP contribution in [0.5, 0.6) is 0 Å². The molecule has 144 valence electrons. The molecule has 0 spiro atoms.